The first-order chi connectivity index (χ1) is 35.2. The smallest absolute Gasteiger partial charge is 0.390 e. The SMILES string of the molecule is C.CON(C)C(=O)[C@H]1CC[C@H]2[C@@H]3CC[C@@H]4C[C@](C)(O)CC[C@@H]4[C@H]3CC[C@]12C.Cc1nc2ccccc2n1C.Cn1c(CC(=O)[C@H]2CC[C@H]3[C@@H]4CC[C@@H]5C[C@](C)(O)CC[C@@H]5[C@H]4CC[C@]23C)nc2ccccc21.[CH2-]CCC.[Li+]. The summed E-state index contributed by atoms with van der Waals surface area (Å²) in [6.45, 7) is 16.7. The molecule has 10 nitrogen and oxygen atoms in total. The molecule has 2 N–H and O–H groups in total. The summed E-state index contributed by atoms with van der Waals surface area (Å²) < 4.78 is 4.20. The fourth-order valence-corrected chi connectivity index (χ4v) is 18.3. The van der Waals surface area contributed by atoms with Gasteiger partial charge in [0.25, 0.3) is 0 Å². The number of aromatic nitrogens is 4. The molecule has 0 unspecified atom stereocenters. The second-order valence-corrected chi connectivity index (χ2v) is 26.5. The summed E-state index contributed by atoms with van der Waals surface area (Å²) in [5.74, 6) is 10.6. The van der Waals surface area contributed by atoms with Crippen molar-refractivity contribution in [1.82, 2.24) is 24.2 Å². The Hall–Kier alpha value is -3.00. The molecule has 16 atom stereocenters. The van der Waals surface area contributed by atoms with Crippen LogP contribution in [0.5, 0.6) is 0 Å². The number of fused-ring (bicyclic) bond motifs is 12. The van der Waals surface area contributed by atoms with E-state index in [1.54, 1.807) is 14.2 Å². The summed E-state index contributed by atoms with van der Waals surface area (Å²) in [4.78, 5) is 40.9. The molecular weight excluding hydrogens is 938 g/mol. The summed E-state index contributed by atoms with van der Waals surface area (Å²) in [5, 5.41) is 22.6. The molecule has 0 spiro atoms. The number of hydroxylamine groups is 2. The van der Waals surface area contributed by atoms with Gasteiger partial charge in [-0.25, -0.2) is 15.0 Å². The van der Waals surface area contributed by atoms with Crippen LogP contribution >= 0.6 is 0 Å². The van der Waals surface area contributed by atoms with Gasteiger partial charge in [0.05, 0.1) is 46.8 Å². The first kappa shape index (κ1) is 60.6. The number of rotatable bonds is 6. The first-order valence-electron chi connectivity index (χ1n) is 29.6. The number of benzene rings is 2. The van der Waals surface area contributed by atoms with Crippen LogP contribution in [-0.4, -0.2) is 71.4 Å². The summed E-state index contributed by atoms with van der Waals surface area (Å²) in [7, 11) is 7.42. The Morgan fingerprint density at radius 3 is 1.58 bits per heavy atom. The van der Waals surface area contributed by atoms with E-state index in [9.17, 15) is 19.8 Å². The molecule has 0 aliphatic heterocycles. The van der Waals surface area contributed by atoms with Crippen LogP contribution in [0.4, 0.5) is 0 Å². The molecule has 1 amide bonds. The zero-order chi connectivity index (χ0) is 52.9. The van der Waals surface area contributed by atoms with Gasteiger partial charge < -0.3 is 26.3 Å². The van der Waals surface area contributed by atoms with Gasteiger partial charge in [-0.15, -0.1) is 0 Å². The predicted molar refractivity (Wildman–Crippen MR) is 304 cm³/mol. The minimum absolute atomic E-state index is 0. The average molecular weight is 1040 g/mol. The second-order valence-electron chi connectivity index (χ2n) is 26.5. The number of unbranched alkanes of at least 4 members (excludes halogenated alkanes) is 1. The van der Waals surface area contributed by atoms with Crippen molar-refractivity contribution in [3.8, 4) is 0 Å². The molecule has 76 heavy (non-hydrogen) atoms. The zero-order valence-electron chi connectivity index (χ0n) is 48.5. The molecule has 2 aromatic heterocycles. The summed E-state index contributed by atoms with van der Waals surface area (Å²) in [6.07, 6.45) is 23.8. The number of nitrogens with zero attached hydrogens (tertiary/aromatic N) is 5. The van der Waals surface area contributed by atoms with Crippen molar-refractivity contribution in [3.63, 3.8) is 0 Å². The number of aliphatic hydroxyl groups is 2. The monoisotopic (exact) mass is 1040 g/mol. The van der Waals surface area contributed by atoms with Gasteiger partial charge in [0.2, 0.25) is 5.91 Å². The maximum absolute atomic E-state index is 13.7. The number of ketones is 1. The van der Waals surface area contributed by atoms with Crippen LogP contribution in [0.2, 0.25) is 0 Å². The molecule has 0 bridgehead atoms. The Morgan fingerprint density at radius 1 is 0.658 bits per heavy atom. The predicted octanol–water partition coefficient (Wildman–Crippen LogP) is 10.9. The average Bonchev–Trinajstić information content (AvgIpc) is 4.18. The number of Topliss-reactive ketones (excluding diaryl/α,β-unsaturated/α-hetero) is 1. The quantitative estimate of drug-likeness (QED) is 0.112. The Bertz CT molecular complexity index is 2590. The van der Waals surface area contributed by atoms with Crippen LogP contribution in [-0.2, 0) is 34.9 Å². The number of para-hydroxylation sites is 4. The van der Waals surface area contributed by atoms with Crippen molar-refractivity contribution in [2.24, 2.45) is 95.9 Å². The van der Waals surface area contributed by atoms with Gasteiger partial charge in [-0.05, 0) is 231 Å². The topological polar surface area (TPSA) is 123 Å². The van der Waals surface area contributed by atoms with E-state index in [0.717, 1.165) is 120 Å². The third kappa shape index (κ3) is 11.8. The van der Waals surface area contributed by atoms with Crippen molar-refractivity contribution >= 4 is 33.8 Å². The first-order valence-corrected chi connectivity index (χ1v) is 29.6. The van der Waals surface area contributed by atoms with Crippen molar-refractivity contribution < 1.29 is 43.5 Å². The van der Waals surface area contributed by atoms with Gasteiger partial charge in [0.15, 0.2) is 0 Å². The van der Waals surface area contributed by atoms with Gasteiger partial charge in [-0.2, -0.15) is 6.42 Å². The van der Waals surface area contributed by atoms with Crippen molar-refractivity contribution in [2.45, 2.75) is 195 Å². The molecular formula is C65H100LiN5O5. The second kappa shape index (κ2) is 24.4. The molecule has 11 heteroatoms. The Labute approximate surface area is 471 Å². The molecule has 4 aromatic rings. The van der Waals surface area contributed by atoms with E-state index in [1.165, 1.54) is 94.1 Å². The van der Waals surface area contributed by atoms with E-state index in [0.29, 0.717) is 24.0 Å². The van der Waals surface area contributed by atoms with Gasteiger partial charge in [-0.1, -0.05) is 58.9 Å². The molecule has 416 valence electrons. The van der Waals surface area contributed by atoms with E-state index in [-0.39, 0.29) is 54.9 Å². The zero-order valence-corrected chi connectivity index (χ0v) is 48.5. The minimum Gasteiger partial charge on any atom is -0.390 e. The number of aryl methyl sites for hydroxylation is 3. The summed E-state index contributed by atoms with van der Waals surface area (Å²) in [6, 6.07) is 16.3. The number of carbonyl (C=O) groups excluding carboxylic acids is 2. The Balaban J connectivity index is 0.000000173. The largest absolute Gasteiger partial charge is 1.00 e. The Kier molecular flexibility index (Phi) is 19.5. The number of amides is 1. The molecule has 8 fully saturated rings. The maximum Gasteiger partial charge on any atom is 1.00 e. The van der Waals surface area contributed by atoms with Gasteiger partial charge in [0, 0.05) is 33.0 Å². The number of hydrogen-bond donors (Lipinski definition) is 2. The van der Waals surface area contributed by atoms with Crippen LogP contribution < -0.4 is 18.9 Å². The normalized spacial score (nSPS) is 37.7. The number of carbonyl (C=O) groups is 2. The molecule has 8 aliphatic carbocycles. The van der Waals surface area contributed by atoms with Gasteiger partial charge in [-0.3, -0.25) is 14.4 Å². The molecule has 0 saturated heterocycles. The van der Waals surface area contributed by atoms with E-state index in [2.05, 4.69) is 53.9 Å². The van der Waals surface area contributed by atoms with E-state index in [4.69, 9.17) is 9.82 Å². The molecule has 8 aliphatic rings. The molecule has 0 radical (unpaired) electrons. The number of hydrogen-bond acceptors (Lipinski definition) is 7. The van der Waals surface area contributed by atoms with Gasteiger partial charge >= 0.3 is 18.9 Å². The molecule has 2 aromatic carbocycles. The summed E-state index contributed by atoms with van der Waals surface area (Å²) in [5.41, 5.74) is 3.80. The minimum atomic E-state index is -0.447. The van der Waals surface area contributed by atoms with E-state index < -0.39 is 11.2 Å². The van der Waals surface area contributed by atoms with E-state index in [1.807, 2.05) is 71.3 Å². The standard InChI is InChI=1S/C29H40N2O2.C22H37NO3.C9H10N2.C4H9.CH4.Li/c1-28(33)14-12-19-18(17-28)8-9-21-20(19)13-15-29(2)22(21)10-11-23(29)26(32)16-27-30-24-6-4-5-7-25(24)31(27)3;1-21(25)11-9-15-14(13-21)5-6-17-16(15)10-12-22(2)18(17)7-8-19(22)20(24)23(3)26-4;1-7-10-8-5-3-4-6-9(8)11(7)2;1-3-4-2;;/h4-7,18-23,33H,8-17H2,1-3H3;14-19,25H,5-13H2,1-4H3;3-6H,1-2H3;1,3-4H2,2H3;1H4;/q;;;-1;;+1/t18-,19+,20-,21-,22+,23-,28-,29+;14-,15+,16-,17-,18+,19-,21-,22+;;;;/m11..../s1. The fraction of sp³-hybridized carbons (Fsp3) is 0.738. The van der Waals surface area contributed by atoms with Crippen molar-refractivity contribution in [3.05, 3.63) is 67.1 Å². The van der Waals surface area contributed by atoms with Crippen molar-refractivity contribution in [1.29, 1.82) is 0 Å². The maximum atomic E-state index is 13.7. The molecule has 2 heterocycles. The Morgan fingerprint density at radius 2 is 1.11 bits per heavy atom. The molecule has 8 saturated carbocycles. The van der Waals surface area contributed by atoms with Crippen molar-refractivity contribution in [2.75, 3.05) is 14.2 Å². The number of imidazole rings is 2. The summed E-state index contributed by atoms with van der Waals surface area (Å²) >= 11 is 0. The van der Waals surface area contributed by atoms with Crippen LogP contribution in [0.1, 0.15) is 182 Å². The van der Waals surface area contributed by atoms with Crippen LogP contribution in [0.25, 0.3) is 22.1 Å². The molecule has 12 rings (SSSR count). The third-order valence-corrected chi connectivity index (χ3v) is 22.3. The van der Waals surface area contributed by atoms with Crippen LogP contribution in [0, 0.1) is 95.7 Å². The fourth-order valence-electron chi connectivity index (χ4n) is 18.3. The van der Waals surface area contributed by atoms with Gasteiger partial charge in [0.1, 0.15) is 17.4 Å². The van der Waals surface area contributed by atoms with E-state index >= 15 is 0 Å². The van der Waals surface area contributed by atoms with Crippen LogP contribution in [0.3, 0.4) is 0 Å². The third-order valence-electron chi connectivity index (χ3n) is 22.3. The van der Waals surface area contributed by atoms with Crippen LogP contribution in [0.15, 0.2) is 48.5 Å².